The van der Waals surface area contributed by atoms with E-state index in [1.54, 1.807) is 10.9 Å². The largest absolute Gasteiger partial charge is 0.481 e. The molecule has 7 heteroatoms. The molecule has 1 aromatic carbocycles. The molecule has 0 bridgehead atoms. The number of hydrogen-bond acceptors (Lipinski definition) is 4. The Hall–Kier alpha value is -2.70. The van der Waals surface area contributed by atoms with Crippen molar-refractivity contribution in [3.63, 3.8) is 0 Å². The van der Waals surface area contributed by atoms with Crippen LogP contribution in [0.4, 0.5) is 0 Å². The lowest BCUT2D eigenvalue weighted by atomic mass is 10.2. The smallest absolute Gasteiger partial charge is 0.309 e. The number of carboxylic acids is 1. The van der Waals surface area contributed by atoms with Crippen LogP contribution in [0.5, 0.6) is 0 Å². The number of rotatable bonds is 4. The number of hydrogen-bond donors (Lipinski definition) is 1. The molecule has 0 saturated carbocycles. The van der Waals surface area contributed by atoms with Crippen LogP contribution in [-0.4, -0.2) is 35.9 Å². The topological polar surface area (TPSA) is 85.8 Å². The van der Waals surface area contributed by atoms with Crippen LogP contribution in [0, 0.1) is 0 Å². The highest BCUT2D eigenvalue weighted by molar-refractivity contribution is 5.81. The maximum absolute atomic E-state index is 10.6. The summed E-state index contributed by atoms with van der Waals surface area (Å²) in [6.45, 7) is 0.466. The van der Waals surface area contributed by atoms with Crippen molar-refractivity contribution in [1.82, 2.24) is 24.8 Å². The van der Waals surface area contributed by atoms with Gasteiger partial charge in [-0.25, -0.2) is 4.68 Å². The standard InChI is InChI=1S/C13H13N5O2/c1-17-12-5-3-2-4-10(12)11(15-17)8-18-7-9(14-16-18)6-13(19)20/h2-5,7H,6,8H2,1H3,(H,19,20). The van der Waals surface area contributed by atoms with Crippen LogP contribution in [0.2, 0.25) is 0 Å². The quantitative estimate of drug-likeness (QED) is 0.760. The van der Waals surface area contributed by atoms with Crippen LogP contribution >= 0.6 is 0 Å². The molecule has 0 saturated heterocycles. The number of para-hydroxylation sites is 1. The van der Waals surface area contributed by atoms with Gasteiger partial charge in [0, 0.05) is 18.6 Å². The molecular formula is C13H13N5O2. The summed E-state index contributed by atoms with van der Waals surface area (Å²) in [5.41, 5.74) is 2.38. The molecule has 0 aliphatic rings. The highest BCUT2D eigenvalue weighted by atomic mass is 16.4. The summed E-state index contributed by atoms with van der Waals surface area (Å²) in [5.74, 6) is -0.916. The molecule has 0 amide bonds. The Labute approximate surface area is 114 Å². The van der Waals surface area contributed by atoms with Gasteiger partial charge in [0.05, 0.1) is 29.9 Å². The first-order valence-electron chi connectivity index (χ1n) is 6.15. The molecule has 0 unspecified atom stereocenters. The lowest BCUT2D eigenvalue weighted by Gasteiger charge is -1.96. The van der Waals surface area contributed by atoms with Crippen LogP contribution in [0.3, 0.4) is 0 Å². The third-order valence-electron chi connectivity index (χ3n) is 3.06. The van der Waals surface area contributed by atoms with Crippen molar-refractivity contribution in [2.45, 2.75) is 13.0 Å². The Morgan fingerprint density at radius 1 is 1.35 bits per heavy atom. The van der Waals surface area contributed by atoms with Gasteiger partial charge in [-0.2, -0.15) is 5.10 Å². The second-order valence-electron chi connectivity index (χ2n) is 4.57. The molecule has 2 heterocycles. The molecule has 0 atom stereocenters. The molecule has 0 radical (unpaired) electrons. The number of carboxylic acid groups (broad SMARTS) is 1. The fourth-order valence-corrected chi connectivity index (χ4v) is 2.21. The average molecular weight is 271 g/mol. The predicted octanol–water partition coefficient (Wildman–Crippen LogP) is 0.840. The fraction of sp³-hybridized carbons (Fsp3) is 0.231. The van der Waals surface area contributed by atoms with Gasteiger partial charge in [0.1, 0.15) is 0 Å². The lowest BCUT2D eigenvalue weighted by Crippen LogP contribution is -2.02. The molecule has 20 heavy (non-hydrogen) atoms. The van der Waals surface area contributed by atoms with E-state index in [1.165, 1.54) is 0 Å². The summed E-state index contributed by atoms with van der Waals surface area (Å²) in [6, 6.07) is 7.94. The number of benzene rings is 1. The SMILES string of the molecule is Cn1nc(Cn2cc(CC(=O)O)nn2)c2ccccc21. The Kier molecular flexibility index (Phi) is 2.94. The van der Waals surface area contributed by atoms with Crippen LogP contribution in [0.25, 0.3) is 10.9 Å². The number of aromatic nitrogens is 5. The van der Waals surface area contributed by atoms with Crippen LogP contribution in [0.1, 0.15) is 11.4 Å². The number of nitrogens with zero attached hydrogens (tertiary/aromatic N) is 5. The van der Waals surface area contributed by atoms with Gasteiger partial charge in [0.25, 0.3) is 0 Å². The third-order valence-corrected chi connectivity index (χ3v) is 3.06. The van der Waals surface area contributed by atoms with Crippen molar-refractivity contribution in [3.8, 4) is 0 Å². The van der Waals surface area contributed by atoms with E-state index in [-0.39, 0.29) is 6.42 Å². The highest BCUT2D eigenvalue weighted by Crippen LogP contribution is 2.18. The highest BCUT2D eigenvalue weighted by Gasteiger charge is 2.10. The Morgan fingerprint density at radius 2 is 2.15 bits per heavy atom. The molecule has 3 rings (SSSR count). The molecular weight excluding hydrogens is 258 g/mol. The van der Waals surface area contributed by atoms with E-state index in [9.17, 15) is 4.79 Å². The van der Waals surface area contributed by atoms with E-state index in [0.717, 1.165) is 16.6 Å². The van der Waals surface area contributed by atoms with Gasteiger partial charge in [-0.15, -0.1) is 5.10 Å². The molecule has 7 nitrogen and oxygen atoms in total. The summed E-state index contributed by atoms with van der Waals surface area (Å²) in [7, 11) is 1.89. The van der Waals surface area contributed by atoms with E-state index in [0.29, 0.717) is 12.2 Å². The van der Waals surface area contributed by atoms with Gasteiger partial charge in [-0.1, -0.05) is 23.4 Å². The minimum atomic E-state index is -0.916. The van der Waals surface area contributed by atoms with Crippen molar-refractivity contribution < 1.29 is 9.90 Å². The molecule has 0 spiro atoms. The minimum Gasteiger partial charge on any atom is -0.481 e. The number of aryl methyl sites for hydroxylation is 1. The second kappa shape index (κ2) is 4.76. The zero-order valence-electron chi connectivity index (χ0n) is 10.9. The Balaban J connectivity index is 1.89. The van der Waals surface area contributed by atoms with E-state index in [2.05, 4.69) is 15.4 Å². The van der Waals surface area contributed by atoms with Crippen LogP contribution in [-0.2, 0) is 24.8 Å². The molecule has 0 aliphatic heterocycles. The van der Waals surface area contributed by atoms with E-state index < -0.39 is 5.97 Å². The van der Waals surface area contributed by atoms with Gasteiger partial charge in [-0.3, -0.25) is 9.48 Å². The maximum atomic E-state index is 10.6. The Morgan fingerprint density at radius 3 is 2.95 bits per heavy atom. The summed E-state index contributed by atoms with van der Waals surface area (Å²) >= 11 is 0. The molecule has 0 aliphatic carbocycles. The zero-order chi connectivity index (χ0) is 14.1. The molecule has 2 aromatic heterocycles. The van der Waals surface area contributed by atoms with Crippen molar-refractivity contribution in [2.75, 3.05) is 0 Å². The van der Waals surface area contributed by atoms with Crippen molar-refractivity contribution in [2.24, 2.45) is 7.05 Å². The van der Waals surface area contributed by atoms with Gasteiger partial charge in [0.15, 0.2) is 0 Å². The van der Waals surface area contributed by atoms with E-state index in [4.69, 9.17) is 5.11 Å². The fourth-order valence-electron chi connectivity index (χ4n) is 2.21. The summed E-state index contributed by atoms with van der Waals surface area (Å²) in [5, 5.41) is 22.0. The van der Waals surface area contributed by atoms with Crippen LogP contribution in [0.15, 0.2) is 30.5 Å². The van der Waals surface area contributed by atoms with Gasteiger partial charge >= 0.3 is 5.97 Å². The molecule has 1 N–H and O–H groups in total. The first-order valence-corrected chi connectivity index (χ1v) is 6.15. The number of carbonyl (C=O) groups is 1. The van der Waals surface area contributed by atoms with Crippen LogP contribution < -0.4 is 0 Å². The van der Waals surface area contributed by atoms with E-state index in [1.807, 2.05) is 36.0 Å². The maximum Gasteiger partial charge on any atom is 0.309 e. The molecule has 3 aromatic rings. The first kappa shape index (κ1) is 12.3. The van der Waals surface area contributed by atoms with Crippen molar-refractivity contribution >= 4 is 16.9 Å². The summed E-state index contributed by atoms with van der Waals surface area (Å²) in [4.78, 5) is 10.6. The van der Waals surface area contributed by atoms with Gasteiger partial charge < -0.3 is 5.11 Å². The second-order valence-corrected chi connectivity index (χ2v) is 4.57. The summed E-state index contributed by atoms with van der Waals surface area (Å²) < 4.78 is 3.42. The third kappa shape index (κ3) is 2.25. The van der Waals surface area contributed by atoms with Gasteiger partial charge in [0.2, 0.25) is 0 Å². The number of aliphatic carboxylic acids is 1. The minimum absolute atomic E-state index is 0.122. The predicted molar refractivity (Wildman–Crippen MR) is 71.2 cm³/mol. The Bertz CT molecular complexity index is 774. The summed E-state index contributed by atoms with van der Waals surface area (Å²) in [6.07, 6.45) is 1.51. The first-order chi connectivity index (χ1) is 9.63. The number of fused-ring (bicyclic) bond motifs is 1. The monoisotopic (exact) mass is 271 g/mol. The van der Waals surface area contributed by atoms with Gasteiger partial charge in [-0.05, 0) is 6.07 Å². The van der Waals surface area contributed by atoms with Crippen molar-refractivity contribution in [1.29, 1.82) is 0 Å². The zero-order valence-corrected chi connectivity index (χ0v) is 10.9. The average Bonchev–Trinajstić information content (AvgIpc) is 2.96. The normalized spacial score (nSPS) is 11.1. The molecule has 0 fully saturated rings. The van der Waals surface area contributed by atoms with Crippen molar-refractivity contribution in [3.05, 3.63) is 41.9 Å². The molecule has 102 valence electrons. The lowest BCUT2D eigenvalue weighted by molar-refractivity contribution is -0.136. The van der Waals surface area contributed by atoms with E-state index >= 15 is 0 Å².